The van der Waals surface area contributed by atoms with E-state index in [4.69, 9.17) is 0 Å². The minimum atomic E-state index is 0.801. The largest absolute Gasteiger partial charge is 0.314 e. The molecule has 0 aromatic carbocycles. The Morgan fingerprint density at radius 2 is 1.48 bits per heavy atom. The van der Waals surface area contributed by atoms with Crippen molar-refractivity contribution < 1.29 is 0 Å². The fraction of sp³-hybridized carbons (Fsp3) is 1.00. The van der Waals surface area contributed by atoms with Crippen LogP contribution in [0, 0.1) is 11.8 Å². The Balaban J connectivity index is 1.65. The number of fused-ring (bicyclic) bond motifs is 2. The summed E-state index contributed by atoms with van der Waals surface area (Å²) in [7, 11) is 0. The summed E-state index contributed by atoms with van der Waals surface area (Å²) in [5.41, 5.74) is 0. The molecule has 122 valence electrons. The number of piperidine rings is 2. The molecule has 0 spiro atoms. The molecular weight excluding hydrogens is 256 g/mol. The van der Waals surface area contributed by atoms with Gasteiger partial charge in [0.25, 0.3) is 0 Å². The predicted octanol–water partition coefficient (Wildman–Crippen LogP) is 4.20. The molecule has 3 rings (SSSR count). The molecule has 2 bridgehead atoms. The molecule has 1 N–H and O–H groups in total. The number of rotatable bonds is 4. The Hall–Kier alpha value is -0.0800. The van der Waals surface area contributed by atoms with Gasteiger partial charge in [-0.15, -0.1) is 0 Å². The highest BCUT2D eigenvalue weighted by atomic mass is 15.2. The molecule has 3 fully saturated rings. The lowest BCUT2D eigenvalue weighted by Crippen LogP contribution is -2.60. The van der Waals surface area contributed by atoms with Crippen molar-refractivity contribution in [3.05, 3.63) is 0 Å². The number of nitrogens with zero attached hydrogens (tertiary/aromatic N) is 1. The Morgan fingerprint density at radius 3 is 2.05 bits per heavy atom. The van der Waals surface area contributed by atoms with Gasteiger partial charge in [-0.1, -0.05) is 27.2 Å². The van der Waals surface area contributed by atoms with Crippen LogP contribution in [0.1, 0.15) is 78.6 Å². The van der Waals surface area contributed by atoms with Gasteiger partial charge in [0, 0.05) is 24.2 Å². The minimum Gasteiger partial charge on any atom is -0.314 e. The predicted molar refractivity (Wildman–Crippen MR) is 90.5 cm³/mol. The average Bonchev–Trinajstić information content (AvgIpc) is 2.43. The normalized spacial score (nSPS) is 44.7. The summed E-state index contributed by atoms with van der Waals surface area (Å²) in [6.07, 6.45) is 12.9. The highest BCUT2D eigenvalue weighted by Crippen LogP contribution is 2.41. The second-order valence-corrected chi connectivity index (χ2v) is 8.38. The van der Waals surface area contributed by atoms with Crippen molar-refractivity contribution in [2.45, 2.75) is 103 Å². The molecule has 2 nitrogen and oxygen atoms in total. The van der Waals surface area contributed by atoms with E-state index in [0.29, 0.717) is 0 Å². The molecule has 0 radical (unpaired) electrons. The van der Waals surface area contributed by atoms with E-state index in [1.165, 1.54) is 64.3 Å². The van der Waals surface area contributed by atoms with Crippen LogP contribution in [-0.2, 0) is 0 Å². The smallest absolute Gasteiger partial charge is 0.0116 e. The van der Waals surface area contributed by atoms with Crippen molar-refractivity contribution in [3.8, 4) is 0 Å². The van der Waals surface area contributed by atoms with Gasteiger partial charge in [-0.25, -0.2) is 0 Å². The van der Waals surface area contributed by atoms with Crippen molar-refractivity contribution in [1.29, 1.82) is 0 Å². The first-order valence-electron chi connectivity index (χ1n) is 9.68. The zero-order valence-corrected chi connectivity index (χ0v) is 14.5. The molecule has 1 aliphatic carbocycles. The Kier molecular flexibility index (Phi) is 5.27. The second-order valence-electron chi connectivity index (χ2n) is 8.38. The minimum absolute atomic E-state index is 0.801. The van der Waals surface area contributed by atoms with Gasteiger partial charge in [0.15, 0.2) is 0 Å². The Morgan fingerprint density at radius 1 is 0.857 bits per heavy atom. The van der Waals surface area contributed by atoms with E-state index >= 15 is 0 Å². The van der Waals surface area contributed by atoms with Crippen molar-refractivity contribution >= 4 is 0 Å². The standard InChI is InChI=1S/C19H36N2/c1-4-8-20-16-12-17-6-5-7-18(13-16)21(17)19-10-14(2)9-15(3)11-19/h14-20H,4-13H2,1-3H3. The first kappa shape index (κ1) is 15.8. The van der Waals surface area contributed by atoms with Gasteiger partial charge in [0.05, 0.1) is 0 Å². The maximum atomic E-state index is 3.81. The van der Waals surface area contributed by atoms with Crippen LogP contribution in [0.15, 0.2) is 0 Å². The van der Waals surface area contributed by atoms with E-state index in [9.17, 15) is 0 Å². The van der Waals surface area contributed by atoms with Gasteiger partial charge in [0.1, 0.15) is 0 Å². The fourth-order valence-corrected chi connectivity index (χ4v) is 5.68. The molecule has 0 aromatic rings. The molecule has 0 aromatic heterocycles. The lowest BCUT2D eigenvalue weighted by molar-refractivity contribution is -0.0347. The molecule has 2 heteroatoms. The molecule has 1 saturated carbocycles. The van der Waals surface area contributed by atoms with Crippen molar-refractivity contribution in [3.63, 3.8) is 0 Å². The fourth-order valence-electron chi connectivity index (χ4n) is 5.68. The van der Waals surface area contributed by atoms with Crippen LogP contribution in [0.5, 0.6) is 0 Å². The topological polar surface area (TPSA) is 15.3 Å². The summed E-state index contributed by atoms with van der Waals surface area (Å²) in [4.78, 5) is 3.01. The first-order chi connectivity index (χ1) is 10.2. The summed E-state index contributed by atoms with van der Waals surface area (Å²) in [5.74, 6) is 1.88. The van der Waals surface area contributed by atoms with Crippen molar-refractivity contribution in [1.82, 2.24) is 10.2 Å². The maximum Gasteiger partial charge on any atom is 0.0116 e. The van der Waals surface area contributed by atoms with Crippen LogP contribution in [0.25, 0.3) is 0 Å². The Labute approximate surface area is 132 Å². The third-order valence-electron chi connectivity index (χ3n) is 6.29. The van der Waals surface area contributed by atoms with Crippen LogP contribution in [0.4, 0.5) is 0 Å². The highest BCUT2D eigenvalue weighted by Gasteiger charge is 2.42. The van der Waals surface area contributed by atoms with Gasteiger partial charge in [-0.05, 0) is 69.7 Å². The zero-order chi connectivity index (χ0) is 14.8. The molecule has 21 heavy (non-hydrogen) atoms. The van der Waals surface area contributed by atoms with E-state index in [1.807, 2.05) is 0 Å². The summed E-state index contributed by atoms with van der Waals surface area (Å²) in [5, 5.41) is 3.81. The van der Waals surface area contributed by atoms with E-state index in [2.05, 4.69) is 31.0 Å². The van der Waals surface area contributed by atoms with Gasteiger partial charge < -0.3 is 5.32 Å². The molecule has 4 atom stereocenters. The molecule has 2 aliphatic heterocycles. The van der Waals surface area contributed by atoms with E-state index < -0.39 is 0 Å². The van der Waals surface area contributed by atoms with Crippen molar-refractivity contribution in [2.24, 2.45) is 11.8 Å². The number of hydrogen-bond donors (Lipinski definition) is 1. The van der Waals surface area contributed by atoms with E-state index in [-0.39, 0.29) is 0 Å². The van der Waals surface area contributed by atoms with Crippen LogP contribution in [0.2, 0.25) is 0 Å². The molecule has 3 aliphatic rings. The van der Waals surface area contributed by atoms with Crippen LogP contribution in [0.3, 0.4) is 0 Å². The zero-order valence-electron chi connectivity index (χ0n) is 14.5. The van der Waals surface area contributed by atoms with E-state index in [1.54, 1.807) is 0 Å². The number of hydrogen-bond acceptors (Lipinski definition) is 2. The first-order valence-corrected chi connectivity index (χ1v) is 9.68. The molecule has 4 unspecified atom stereocenters. The Bertz CT molecular complexity index is 306. The molecule has 0 amide bonds. The van der Waals surface area contributed by atoms with Crippen LogP contribution >= 0.6 is 0 Å². The second kappa shape index (κ2) is 7.00. The number of nitrogens with one attached hydrogen (secondary N) is 1. The third-order valence-corrected chi connectivity index (χ3v) is 6.29. The van der Waals surface area contributed by atoms with Gasteiger partial charge in [-0.3, -0.25) is 4.90 Å². The molecule has 2 heterocycles. The van der Waals surface area contributed by atoms with Gasteiger partial charge in [-0.2, -0.15) is 0 Å². The van der Waals surface area contributed by atoms with Crippen LogP contribution in [-0.4, -0.2) is 35.6 Å². The lowest BCUT2D eigenvalue weighted by Gasteiger charge is -2.54. The summed E-state index contributed by atoms with van der Waals surface area (Å²) in [6, 6.07) is 3.46. The van der Waals surface area contributed by atoms with Gasteiger partial charge in [0.2, 0.25) is 0 Å². The summed E-state index contributed by atoms with van der Waals surface area (Å²) in [6.45, 7) is 8.46. The van der Waals surface area contributed by atoms with Gasteiger partial charge >= 0.3 is 0 Å². The quantitative estimate of drug-likeness (QED) is 0.835. The molecular formula is C19H36N2. The van der Waals surface area contributed by atoms with Crippen molar-refractivity contribution in [2.75, 3.05) is 6.54 Å². The third kappa shape index (κ3) is 3.64. The van der Waals surface area contributed by atoms with E-state index in [0.717, 1.165) is 36.0 Å². The highest BCUT2D eigenvalue weighted by molar-refractivity contribution is 4.99. The molecule has 2 saturated heterocycles. The monoisotopic (exact) mass is 292 g/mol. The SMILES string of the molecule is CCCNC1CC2CCCC(C1)N2C1CC(C)CC(C)C1. The average molecular weight is 293 g/mol. The summed E-state index contributed by atoms with van der Waals surface area (Å²) >= 11 is 0. The van der Waals surface area contributed by atoms with Crippen LogP contribution < -0.4 is 5.32 Å². The summed E-state index contributed by atoms with van der Waals surface area (Å²) < 4.78 is 0. The maximum absolute atomic E-state index is 3.81. The lowest BCUT2D eigenvalue weighted by atomic mass is 9.74.